The minimum Gasteiger partial charge on any atom is -0.467 e. The third-order valence-corrected chi connectivity index (χ3v) is 7.04. The summed E-state index contributed by atoms with van der Waals surface area (Å²) in [7, 11) is 1.34. The first-order chi connectivity index (χ1) is 21.1. The SMILES string of the molecule is COC(=O)[C@H](Cc1ccc(C#N)cc1)Nc1nc(NCc2ccccc2)nc(Nc2cccc(CN3CCNCC3)c2)n1. The Labute approximate surface area is 251 Å². The van der Waals surface area contributed by atoms with Gasteiger partial charge in [-0.2, -0.15) is 20.2 Å². The molecule has 1 aromatic heterocycles. The Morgan fingerprint density at radius 1 is 0.930 bits per heavy atom. The minimum absolute atomic E-state index is 0.217. The Morgan fingerprint density at radius 3 is 2.40 bits per heavy atom. The molecule has 2 heterocycles. The Bertz CT molecular complexity index is 1530. The summed E-state index contributed by atoms with van der Waals surface area (Å²) in [5.74, 6) is 0.435. The van der Waals surface area contributed by atoms with E-state index < -0.39 is 12.0 Å². The number of nitrogens with one attached hydrogen (secondary N) is 4. The first-order valence-electron chi connectivity index (χ1n) is 14.2. The molecule has 0 radical (unpaired) electrons. The molecule has 1 aliphatic heterocycles. The second-order valence-electron chi connectivity index (χ2n) is 10.2. The number of methoxy groups -OCH3 is 1. The van der Waals surface area contributed by atoms with Crippen molar-refractivity contribution in [2.45, 2.75) is 25.6 Å². The Hall–Kier alpha value is -5.05. The highest BCUT2D eigenvalue weighted by Gasteiger charge is 2.22. The fourth-order valence-electron chi connectivity index (χ4n) is 4.80. The summed E-state index contributed by atoms with van der Waals surface area (Å²) in [6.45, 7) is 5.39. The Balaban J connectivity index is 1.37. The first kappa shape index (κ1) is 29.4. The third-order valence-electron chi connectivity index (χ3n) is 7.04. The van der Waals surface area contributed by atoms with E-state index in [0.717, 1.165) is 49.5 Å². The molecule has 5 rings (SSSR count). The highest BCUT2D eigenvalue weighted by atomic mass is 16.5. The molecule has 3 aromatic carbocycles. The lowest BCUT2D eigenvalue weighted by Crippen LogP contribution is -2.42. The minimum atomic E-state index is -0.766. The molecule has 0 unspecified atom stereocenters. The smallest absolute Gasteiger partial charge is 0.328 e. The van der Waals surface area contributed by atoms with E-state index in [1.54, 1.807) is 12.1 Å². The van der Waals surface area contributed by atoms with Crippen LogP contribution in [0.5, 0.6) is 0 Å². The molecule has 4 aromatic rings. The first-order valence-corrected chi connectivity index (χ1v) is 14.2. The quantitative estimate of drug-likeness (QED) is 0.183. The van der Waals surface area contributed by atoms with Crippen LogP contribution in [0.3, 0.4) is 0 Å². The van der Waals surface area contributed by atoms with Crippen LogP contribution in [0.1, 0.15) is 22.3 Å². The molecule has 220 valence electrons. The van der Waals surface area contributed by atoms with E-state index in [2.05, 4.69) is 59.3 Å². The van der Waals surface area contributed by atoms with Gasteiger partial charge in [-0.1, -0.05) is 54.6 Å². The molecular weight excluding hydrogens is 542 g/mol. The van der Waals surface area contributed by atoms with Gasteiger partial charge in [0.1, 0.15) is 6.04 Å². The van der Waals surface area contributed by atoms with E-state index in [-0.39, 0.29) is 5.95 Å². The molecule has 1 saturated heterocycles. The van der Waals surface area contributed by atoms with Crippen molar-refractivity contribution in [2.24, 2.45) is 0 Å². The molecule has 11 heteroatoms. The number of ether oxygens (including phenoxy) is 1. The van der Waals surface area contributed by atoms with Gasteiger partial charge in [0.05, 0.1) is 18.7 Å². The molecule has 0 spiro atoms. The second kappa shape index (κ2) is 14.7. The van der Waals surface area contributed by atoms with Crippen LogP contribution >= 0.6 is 0 Å². The summed E-state index contributed by atoms with van der Waals surface area (Å²) >= 11 is 0. The van der Waals surface area contributed by atoms with Crippen molar-refractivity contribution in [1.82, 2.24) is 25.2 Å². The van der Waals surface area contributed by atoms with Gasteiger partial charge in [-0.25, -0.2) is 4.79 Å². The normalized spacial score (nSPS) is 13.9. The van der Waals surface area contributed by atoms with Gasteiger partial charge >= 0.3 is 5.97 Å². The van der Waals surface area contributed by atoms with Crippen molar-refractivity contribution in [3.63, 3.8) is 0 Å². The van der Waals surface area contributed by atoms with Crippen LogP contribution in [0.2, 0.25) is 0 Å². The number of carbonyl (C=O) groups is 1. The van der Waals surface area contributed by atoms with Gasteiger partial charge in [-0.3, -0.25) is 4.90 Å². The van der Waals surface area contributed by atoms with Gasteiger partial charge in [-0.15, -0.1) is 0 Å². The predicted molar refractivity (Wildman–Crippen MR) is 166 cm³/mol. The van der Waals surface area contributed by atoms with Crippen molar-refractivity contribution in [1.29, 1.82) is 5.26 Å². The van der Waals surface area contributed by atoms with Crippen LogP contribution < -0.4 is 21.3 Å². The maximum atomic E-state index is 12.8. The summed E-state index contributed by atoms with van der Waals surface area (Å²) in [6.07, 6.45) is 0.313. The van der Waals surface area contributed by atoms with Gasteiger partial charge in [0.25, 0.3) is 0 Å². The van der Waals surface area contributed by atoms with Crippen molar-refractivity contribution in [3.8, 4) is 6.07 Å². The molecule has 0 amide bonds. The van der Waals surface area contributed by atoms with Crippen LogP contribution in [0.25, 0.3) is 0 Å². The average molecular weight is 578 g/mol. The fourth-order valence-corrected chi connectivity index (χ4v) is 4.80. The van der Waals surface area contributed by atoms with E-state index in [4.69, 9.17) is 10.00 Å². The summed E-state index contributed by atoms with van der Waals surface area (Å²) in [4.78, 5) is 29.0. The van der Waals surface area contributed by atoms with Crippen LogP contribution in [0, 0.1) is 11.3 Å². The standard InChI is InChI=1S/C32H35N9O2/c1-43-29(42)28(19-23-10-12-24(20-33)13-11-23)37-32-39-30(35-21-25-6-3-2-4-7-25)38-31(40-32)36-27-9-5-8-26(18-27)22-41-16-14-34-15-17-41/h2-13,18,28,34H,14-17,19,21-22H2,1H3,(H3,35,36,37,38,39,40)/t28-/m0/s1. The lowest BCUT2D eigenvalue weighted by atomic mass is 10.0. The van der Waals surface area contributed by atoms with Gasteiger partial charge in [0.2, 0.25) is 17.8 Å². The number of piperazine rings is 1. The summed E-state index contributed by atoms with van der Waals surface area (Å²) < 4.78 is 5.07. The Kier molecular flexibility index (Phi) is 10.1. The van der Waals surface area contributed by atoms with Crippen molar-refractivity contribution in [3.05, 3.63) is 101 Å². The molecular formula is C32H35N9O2. The predicted octanol–water partition coefficient (Wildman–Crippen LogP) is 3.70. The van der Waals surface area contributed by atoms with Crippen LogP contribution in [-0.2, 0) is 29.0 Å². The average Bonchev–Trinajstić information content (AvgIpc) is 3.04. The van der Waals surface area contributed by atoms with Gasteiger partial charge in [0, 0.05) is 51.4 Å². The second-order valence-corrected chi connectivity index (χ2v) is 10.2. The van der Waals surface area contributed by atoms with Crippen molar-refractivity contribution in [2.75, 3.05) is 49.2 Å². The maximum absolute atomic E-state index is 12.8. The number of aromatic nitrogens is 3. The number of anilines is 4. The number of esters is 1. The molecule has 0 bridgehead atoms. The molecule has 0 aliphatic carbocycles. The largest absolute Gasteiger partial charge is 0.467 e. The zero-order valence-electron chi connectivity index (χ0n) is 24.1. The topological polar surface area (TPSA) is 140 Å². The number of hydrogen-bond donors (Lipinski definition) is 4. The van der Waals surface area contributed by atoms with E-state index in [0.29, 0.717) is 30.4 Å². The van der Waals surface area contributed by atoms with Crippen molar-refractivity contribution >= 4 is 29.5 Å². The van der Waals surface area contributed by atoms with E-state index in [9.17, 15) is 4.79 Å². The molecule has 1 atom stereocenters. The number of carbonyl (C=O) groups excluding carboxylic acids is 1. The Morgan fingerprint density at radius 2 is 1.65 bits per heavy atom. The van der Waals surface area contributed by atoms with Crippen LogP contribution in [0.4, 0.5) is 23.5 Å². The number of hydrogen-bond acceptors (Lipinski definition) is 11. The van der Waals surface area contributed by atoms with E-state index >= 15 is 0 Å². The number of nitriles is 1. The van der Waals surface area contributed by atoms with Gasteiger partial charge < -0.3 is 26.0 Å². The summed E-state index contributed by atoms with van der Waals surface area (Å²) in [5.41, 5.74) is 4.51. The molecule has 11 nitrogen and oxygen atoms in total. The number of nitrogens with zero attached hydrogens (tertiary/aromatic N) is 5. The zero-order chi connectivity index (χ0) is 29.9. The van der Waals surface area contributed by atoms with E-state index in [1.165, 1.54) is 12.7 Å². The van der Waals surface area contributed by atoms with Crippen LogP contribution in [0.15, 0.2) is 78.9 Å². The van der Waals surface area contributed by atoms with Crippen molar-refractivity contribution < 1.29 is 9.53 Å². The zero-order valence-corrected chi connectivity index (χ0v) is 24.1. The lowest BCUT2D eigenvalue weighted by molar-refractivity contribution is -0.141. The van der Waals surface area contributed by atoms with Gasteiger partial charge in [0.15, 0.2) is 0 Å². The van der Waals surface area contributed by atoms with Crippen LogP contribution in [-0.4, -0.2) is 65.2 Å². The fraction of sp³-hybridized carbons (Fsp3) is 0.281. The maximum Gasteiger partial charge on any atom is 0.328 e. The molecule has 1 aliphatic rings. The highest BCUT2D eigenvalue weighted by molar-refractivity contribution is 5.79. The number of rotatable bonds is 12. The highest BCUT2D eigenvalue weighted by Crippen LogP contribution is 2.20. The lowest BCUT2D eigenvalue weighted by Gasteiger charge is -2.27. The van der Waals surface area contributed by atoms with E-state index in [1.807, 2.05) is 54.6 Å². The molecule has 43 heavy (non-hydrogen) atoms. The molecule has 0 saturated carbocycles. The molecule has 4 N–H and O–H groups in total. The third kappa shape index (κ3) is 8.72. The van der Waals surface area contributed by atoms with Gasteiger partial charge in [-0.05, 0) is 41.0 Å². The summed E-state index contributed by atoms with van der Waals surface area (Å²) in [5, 5.41) is 22.2. The number of benzene rings is 3. The summed E-state index contributed by atoms with van der Waals surface area (Å²) in [6, 6.07) is 26.6. The monoisotopic (exact) mass is 577 g/mol. The molecule has 1 fully saturated rings.